The van der Waals surface area contributed by atoms with Gasteiger partial charge in [0.05, 0.1) is 0 Å². The van der Waals surface area contributed by atoms with Crippen molar-refractivity contribution in [3.05, 3.63) is 42.5 Å². The molecular weight excluding hydrogens is 246 g/mol. The van der Waals surface area contributed by atoms with E-state index in [4.69, 9.17) is 4.74 Å². The van der Waals surface area contributed by atoms with E-state index in [1.165, 1.54) is 43.6 Å². The van der Waals surface area contributed by atoms with Crippen LogP contribution in [0.5, 0.6) is 0 Å². The first-order chi connectivity index (χ1) is 9.81. The summed E-state index contributed by atoms with van der Waals surface area (Å²) >= 11 is 0. The molecule has 0 aromatic heterocycles. The fourth-order valence-electron chi connectivity index (χ4n) is 2.48. The van der Waals surface area contributed by atoms with Crippen LogP contribution < -0.4 is 4.90 Å². The van der Waals surface area contributed by atoms with E-state index in [0.29, 0.717) is 0 Å². The van der Waals surface area contributed by atoms with Gasteiger partial charge in [-0.25, -0.2) is 0 Å². The van der Waals surface area contributed by atoms with E-state index in [0.717, 1.165) is 19.4 Å². The quantitative estimate of drug-likeness (QED) is 0.581. The Bertz CT molecular complexity index is 369. The Morgan fingerprint density at radius 3 is 2.60 bits per heavy atom. The van der Waals surface area contributed by atoms with Gasteiger partial charge >= 0.3 is 0 Å². The monoisotopic (exact) mass is 275 g/mol. The van der Waals surface area contributed by atoms with Crippen LogP contribution in [0.15, 0.2) is 36.9 Å². The minimum atomic E-state index is 0.855. The summed E-state index contributed by atoms with van der Waals surface area (Å²) < 4.78 is 5.10. The maximum Gasteiger partial charge on any atom is 0.0465 e. The highest BCUT2D eigenvalue weighted by molar-refractivity contribution is 5.48. The van der Waals surface area contributed by atoms with Crippen molar-refractivity contribution >= 4 is 5.69 Å². The number of anilines is 1. The standard InChI is InChI=1S/C15H23NO.C3H6/c1-17-12-6-8-14-7-5-9-15(13-14)16-10-3-2-4-11-16;1-3-2/h5,7,9,13H,2-4,6,8,10-12H2,1H3;3H,1H2,2H3. The summed E-state index contributed by atoms with van der Waals surface area (Å²) in [6.07, 6.45) is 8.06. The van der Waals surface area contributed by atoms with Crippen molar-refractivity contribution in [1.82, 2.24) is 0 Å². The largest absolute Gasteiger partial charge is 0.385 e. The number of methoxy groups -OCH3 is 1. The van der Waals surface area contributed by atoms with Crippen LogP contribution in [-0.2, 0) is 11.2 Å². The molecule has 0 radical (unpaired) electrons. The number of piperidine rings is 1. The van der Waals surface area contributed by atoms with Gasteiger partial charge in [-0.05, 0) is 56.7 Å². The fourth-order valence-corrected chi connectivity index (χ4v) is 2.48. The molecule has 1 aliphatic heterocycles. The molecule has 1 aliphatic rings. The second-order valence-corrected chi connectivity index (χ2v) is 5.22. The number of ether oxygens (including phenoxy) is 1. The van der Waals surface area contributed by atoms with Crippen LogP contribution in [0.2, 0.25) is 0 Å². The Labute approximate surface area is 124 Å². The maximum atomic E-state index is 5.10. The first-order valence-corrected chi connectivity index (χ1v) is 7.71. The third-order valence-corrected chi connectivity index (χ3v) is 3.45. The molecular formula is C18H29NO. The Morgan fingerprint density at radius 2 is 1.95 bits per heavy atom. The molecule has 0 amide bonds. The van der Waals surface area contributed by atoms with Crippen molar-refractivity contribution in [1.29, 1.82) is 0 Å². The first kappa shape index (κ1) is 16.8. The topological polar surface area (TPSA) is 12.5 Å². The molecule has 1 aromatic rings. The smallest absolute Gasteiger partial charge is 0.0465 e. The van der Waals surface area contributed by atoms with Gasteiger partial charge < -0.3 is 9.64 Å². The van der Waals surface area contributed by atoms with Gasteiger partial charge in [-0.3, -0.25) is 0 Å². The molecule has 1 aromatic carbocycles. The van der Waals surface area contributed by atoms with Crippen molar-refractivity contribution in [3.8, 4) is 0 Å². The van der Waals surface area contributed by atoms with Crippen LogP contribution >= 0.6 is 0 Å². The van der Waals surface area contributed by atoms with Crippen LogP contribution in [0, 0.1) is 0 Å². The number of hydrogen-bond acceptors (Lipinski definition) is 2. The van der Waals surface area contributed by atoms with E-state index >= 15 is 0 Å². The highest BCUT2D eigenvalue weighted by atomic mass is 16.5. The normalized spacial score (nSPS) is 14.4. The second kappa shape index (κ2) is 10.5. The molecule has 2 rings (SSSR count). The van der Waals surface area contributed by atoms with Gasteiger partial charge in [0.2, 0.25) is 0 Å². The van der Waals surface area contributed by atoms with Crippen molar-refractivity contribution in [2.75, 3.05) is 31.7 Å². The third kappa shape index (κ3) is 6.25. The molecule has 2 nitrogen and oxygen atoms in total. The van der Waals surface area contributed by atoms with E-state index in [9.17, 15) is 0 Å². The summed E-state index contributed by atoms with van der Waals surface area (Å²) in [5.74, 6) is 0. The third-order valence-electron chi connectivity index (χ3n) is 3.45. The maximum absolute atomic E-state index is 5.10. The molecule has 0 unspecified atom stereocenters. The van der Waals surface area contributed by atoms with Crippen LogP contribution in [-0.4, -0.2) is 26.8 Å². The van der Waals surface area contributed by atoms with Gasteiger partial charge in [0, 0.05) is 32.5 Å². The molecule has 2 heteroatoms. The number of benzene rings is 1. The summed E-state index contributed by atoms with van der Waals surface area (Å²) in [6.45, 7) is 8.55. The molecule has 1 heterocycles. The zero-order valence-electron chi connectivity index (χ0n) is 13.1. The second-order valence-electron chi connectivity index (χ2n) is 5.22. The SMILES string of the molecule is C=CC.COCCCc1cccc(N2CCCCC2)c1. The molecule has 20 heavy (non-hydrogen) atoms. The Kier molecular flexibility index (Phi) is 8.81. The predicted molar refractivity (Wildman–Crippen MR) is 88.6 cm³/mol. The van der Waals surface area contributed by atoms with E-state index in [-0.39, 0.29) is 0 Å². The lowest BCUT2D eigenvalue weighted by Gasteiger charge is -2.29. The number of hydrogen-bond donors (Lipinski definition) is 0. The Morgan fingerprint density at radius 1 is 1.25 bits per heavy atom. The highest BCUT2D eigenvalue weighted by Gasteiger charge is 2.10. The first-order valence-electron chi connectivity index (χ1n) is 7.71. The van der Waals surface area contributed by atoms with Crippen LogP contribution in [0.3, 0.4) is 0 Å². The Hall–Kier alpha value is -1.28. The summed E-state index contributed by atoms with van der Waals surface area (Å²) in [5, 5.41) is 0. The zero-order valence-corrected chi connectivity index (χ0v) is 13.1. The molecule has 0 saturated carbocycles. The Balaban J connectivity index is 0.000000612. The minimum Gasteiger partial charge on any atom is -0.385 e. The molecule has 0 spiro atoms. The lowest BCUT2D eigenvalue weighted by atomic mass is 10.1. The van der Waals surface area contributed by atoms with Crippen LogP contribution in [0.1, 0.15) is 38.2 Å². The fraction of sp³-hybridized carbons (Fsp3) is 0.556. The molecule has 0 atom stereocenters. The zero-order chi connectivity index (χ0) is 14.6. The van der Waals surface area contributed by atoms with Crippen molar-refractivity contribution in [2.45, 2.75) is 39.0 Å². The molecule has 1 saturated heterocycles. The average Bonchev–Trinajstić information content (AvgIpc) is 2.50. The molecule has 112 valence electrons. The molecule has 0 bridgehead atoms. The van der Waals surface area contributed by atoms with E-state index in [1.807, 2.05) is 6.92 Å². The molecule has 0 N–H and O–H groups in total. The van der Waals surface area contributed by atoms with Crippen LogP contribution in [0.4, 0.5) is 5.69 Å². The molecule has 1 fully saturated rings. The summed E-state index contributed by atoms with van der Waals surface area (Å²) in [6, 6.07) is 9.00. The highest BCUT2D eigenvalue weighted by Crippen LogP contribution is 2.21. The van der Waals surface area contributed by atoms with Gasteiger partial charge in [-0.15, -0.1) is 6.58 Å². The number of rotatable bonds is 5. The van der Waals surface area contributed by atoms with Gasteiger partial charge in [-0.2, -0.15) is 0 Å². The van der Waals surface area contributed by atoms with Crippen molar-refractivity contribution in [2.24, 2.45) is 0 Å². The van der Waals surface area contributed by atoms with Crippen LogP contribution in [0.25, 0.3) is 0 Å². The minimum absolute atomic E-state index is 0.855. The number of nitrogens with zero attached hydrogens (tertiary/aromatic N) is 1. The summed E-state index contributed by atoms with van der Waals surface area (Å²) in [4.78, 5) is 2.52. The summed E-state index contributed by atoms with van der Waals surface area (Å²) in [7, 11) is 1.77. The van der Waals surface area contributed by atoms with E-state index < -0.39 is 0 Å². The van der Waals surface area contributed by atoms with Gasteiger partial charge in [0.25, 0.3) is 0 Å². The lowest BCUT2D eigenvalue weighted by molar-refractivity contribution is 0.195. The predicted octanol–water partition coefficient (Wildman–Crippen LogP) is 4.45. The van der Waals surface area contributed by atoms with Gasteiger partial charge in [0.15, 0.2) is 0 Å². The van der Waals surface area contributed by atoms with E-state index in [2.05, 4.69) is 35.7 Å². The number of allylic oxidation sites excluding steroid dienone is 1. The average molecular weight is 275 g/mol. The van der Waals surface area contributed by atoms with Gasteiger partial charge in [-0.1, -0.05) is 18.2 Å². The lowest BCUT2D eigenvalue weighted by Crippen LogP contribution is -2.29. The molecule has 0 aliphatic carbocycles. The number of aryl methyl sites for hydroxylation is 1. The van der Waals surface area contributed by atoms with E-state index in [1.54, 1.807) is 13.2 Å². The van der Waals surface area contributed by atoms with Crippen molar-refractivity contribution in [3.63, 3.8) is 0 Å². The van der Waals surface area contributed by atoms with Crippen molar-refractivity contribution < 1.29 is 4.74 Å². The summed E-state index contributed by atoms with van der Waals surface area (Å²) in [5.41, 5.74) is 2.84. The van der Waals surface area contributed by atoms with Gasteiger partial charge in [0.1, 0.15) is 0 Å².